The maximum atomic E-state index is 13.5. The summed E-state index contributed by atoms with van der Waals surface area (Å²) in [5.74, 6) is 0.707. The van der Waals surface area contributed by atoms with Gasteiger partial charge in [0.1, 0.15) is 0 Å². The number of nitrogens with zero attached hydrogens (tertiary/aromatic N) is 3. The molecule has 0 bridgehead atoms. The second kappa shape index (κ2) is 8.45. The van der Waals surface area contributed by atoms with E-state index in [-0.39, 0.29) is 11.7 Å². The number of methoxy groups -OCH3 is 1. The van der Waals surface area contributed by atoms with Crippen LogP contribution in [0.1, 0.15) is 22.5 Å². The molecule has 4 rings (SSSR count). The second-order valence-corrected chi connectivity index (χ2v) is 8.58. The summed E-state index contributed by atoms with van der Waals surface area (Å²) in [6, 6.07) is 13.5. The Kier molecular flexibility index (Phi) is 5.74. The van der Waals surface area contributed by atoms with Crippen molar-refractivity contribution in [2.45, 2.75) is 13.3 Å². The third-order valence-electron chi connectivity index (χ3n) is 4.93. The molecule has 6 nitrogen and oxygen atoms in total. The maximum Gasteiger partial charge on any atom is 0.295 e. The fourth-order valence-corrected chi connectivity index (χ4v) is 4.49. The molecule has 4 aromatic rings. The molecule has 2 aromatic carbocycles. The Morgan fingerprint density at radius 2 is 2.00 bits per heavy atom. The minimum atomic E-state index is -0.192. The molecule has 0 saturated carbocycles. The molecule has 0 N–H and O–H groups in total. The van der Waals surface area contributed by atoms with Crippen molar-refractivity contribution in [2.75, 3.05) is 39.2 Å². The number of rotatable bonds is 7. The number of fused-ring (bicyclic) bond motifs is 2. The molecule has 0 fully saturated rings. The highest BCUT2D eigenvalue weighted by atomic mass is 32.1. The molecule has 2 heterocycles. The zero-order chi connectivity index (χ0) is 21.3. The predicted molar refractivity (Wildman–Crippen MR) is 122 cm³/mol. The highest BCUT2D eigenvalue weighted by Gasteiger charge is 2.25. The van der Waals surface area contributed by atoms with Crippen LogP contribution in [0.2, 0.25) is 0 Å². The Morgan fingerprint density at radius 1 is 1.17 bits per heavy atom. The van der Waals surface area contributed by atoms with Crippen LogP contribution in [0, 0.1) is 6.92 Å². The lowest BCUT2D eigenvalue weighted by Crippen LogP contribution is -2.33. The van der Waals surface area contributed by atoms with Gasteiger partial charge >= 0.3 is 0 Å². The average molecular weight is 424 g/mol. The summed E-state index contributed by atoms with van der Waals surface area (Å²) in [4.78, 5) is 22.0. The Hall–Kier alpha value is -2.90. The predicted octanol–water partition coefficient (Wildman–Crippen LogP) is 4.96. The van der Waals surface area contributed by atoms with E-state index in [1.807, 2.05) is 44.4 Å². The molecule has 0 aliphatic carbocycles. The van der Waals surface area contributed by atoms with Gasteiger partial charge in [-0.25, -0.2) is 4.98 Å². The normalized spacial score (nSPS) is 11.5. The first-order valence-electron chi connectivity index (χ1n) is 9.86. The van der Waals surface area contributed by atoms with Crippen molar-refractivity contribution in [1.29, 1.82) is 0 Å². The number of hydrogen-bond acceptors (Lipinski definition) is 6. The summed E-state index contributed by atoms with van der Waals surface area (Å²) >= 11 is 1.53. The molecule has 0 saturated heterocycles. The standard InChI is InChI=1S/C23H25N3O3S/c1-15-9-10-17-20(13-15)30-23(24-17)26(12-6-11-25(2)3)22(27)19-14-16-7-5-8-18(28-4)21(16)29-19/h5,7-10,13-14H,6,11-12H2,1-4H3. The molecule has 0 atom stereocenters. The number of ether oxygens (including phenoxy) is 1. The number of aryl methyl sites for hydroxylation is 1. The molecule has 30 heavy (non-hydrogen) atoms. The molecular formula is C23H25N3O3S. The maximum absolute atomic E-state index is 13.5. The van der Waals surface area contributed by atoms with E-state index < -0.39 is 0 Å². The number of aromatic nitrogens is 1. The SMILES string of the molecule is COc1cccc2cc(C(=O)N(CCCN(C)C)c3nc4ccc(C)cc4s3)oc12. The molecule has 156 valence electrons. The van der Waals surface area contributed by atoms with Gasteiger partial charge < -0.3 is 14.1 Å². The molecule has 1 amide bonds. The van der Waals surface area contributed by atoms with E-state index >= 15 is 0 Å². The van der Waals surface area contributed by atoms with Gasteiger partial charge in [-0.1, -0.05) is 29.5 Å². The zero-order valence-corrected chi connectivity index (χ0v) is 18.5. The molecular weight excluding hydrogens is 398 g/mol. The minimum absolute atomic E-state index is 0.192. The number of para-hydroxylation sites is 1. The number of amides is 1. The van der Waals surface area contributed by atoms with E-state index in [4.69, 9.17) is 14.1 Å². The number of benzene rings is 2. The van der Waals surface area contributed by atoms with E-state index in [2.05, 4.69) is 17.9 Å². The van der Waals surface area contributed by atoms with Crippen LogP contribution in [0.5, 0.6) is 5.75 Å². The van der Waals surface area contributed by atoms with E-state index in [0.29, 0.717) is 23.0 Å². The first-order chi connectivity index (χ1) is 14.5. The first-order valence-corrected chi connectivity index (χ1v) is 10.7. The van der Waals surface area contributed by atoms with Crippen molar-refractivity contribution < 1.29 is 13.9 Å². The van der Waals surface area contributed by atoms with E-state index in [9.17, 15) is 4.79 Å². The van der Waals surface area contributed by atoms with Crippen molar-refractivity contribution in [3.8, 4) is 5.75 Å². The Bertz CT molecular complexity index is 1200. The fraction of sp³-hybridized carbons (Fsp3) is 0.304. The van der Waals surface area contributed by atoms with Gasteiger partial charge in [-0.2, -0.15) is 0 Å². The van der Waals surface area contributed by atoms with Crippen molar-refractivity contribution in [2.24, 2.45) is 0 Å². The monoisotopic (exact) mass is 423 g/mol. The van der Waals surface area contributed by atoms with Crippen molar-refractivity contribution in [1.82, 2.24) is 9.88 Å². The summed E-state index contributed by atoms with van der Waals surface area (Å²) in [5, 5.41) is 1.53. The van der Waals surface area contributed by atoms with Gasteiger partial charge in [0, 0.05) is 11.9 Å². The molecule has 0 spiro atoms. The van der Waals surface area contributed by atoms with Gasteiger partial charge in [0.25, 0.3) is 5.91 Å². The van der Waals surface area contributed by atoms with Crippen LogP contribution in [-0.4, -0.2) is 50.1 Å². The van der Waals surface area contributed by atoms with E-state index in [1.54, 1.807) is 18.1 Å². The number of furan rings is 1. The van der Waals surface area contributed by atoms with Crippen LogP contribution in [0.3, 0.4) is 0 Å². The van der Waals surface area contributed by atoms with Crippen LogP contribution in [0.25, 0.3) is 21.2 Å². The zero-order valence-electron chi connectivity index (χ0n) is 17.6. The van der Waals surface area contributed by atoms with Crippen molar-refractivity contribution in [3.63, 3.8) is 0 Å². The summed E-state index contributed by atoms with van der Waals surface area (Å²) in [5.41, 5.74) is 2.65. The number of hydrogen-bond donors (Lipinski definition) is 0. The summed E-state index contributed by atoms with van der Waals surface area (Å²) in [7, 11) is 5.64. The molecule has 0 unspecified atom stereocenters. The van der Waals surface area contributed by atoms with Crippen LogP contribution >= 0.6 is 11.3 Å². The second-order valence-electron chi connectivity index (χ2n) is 7.57. The van der Waals surface area contributed by atoms with E-state index in [1.165, 1.54) is 16.9 Å². The molecule has 0 radical (unpaired) electrons. The topological polar surface area (TPSA) is 58.8 Å². The van der Waals surface area contributed by atoms with Gasteiger partial charge in [0.15, 0.2) is 22.2 Å². The molecule has 0 aliphatic heterocycles. The highest BCUT2D eigenvalue weighted by Crippen LogP contribution is 2.33. The molecule has 7 heteroatoms. The van der Waals surface area contributed by atoms with Crippen molar-refractivity contribution in [3.05, 3.63) is 53.8 Å². The Labute approximate surface area is 179 Å². The number of carbonyl (C=O) groups excluding carboxylic acids is 1. The number of thiazole rings is 1. The van der Waals surface area contributed by atoms with Gasteiger partial charge in [0.2, 0.25) is 0 Å². The van der Waals surface area contributed by atoms with Gasteiger partial charge in [-0.3, -0.25) is 9.69 Å². The number of carbonyl (C=O) groups is 1. The van der Waals surface area contributed by atoms with Crippen LogP contribution in [-0.2, 0) is 0 Å². The average Bonchev–Trinajstić information content (AvgIpc) is 3.33. The lowest BCUT2D eigenvalue weighted by molar-refractivity contribution is 0.0961. The van der Waals surface area contributed by atoms with Gasteiger partial charge in [-0.15, -0.1) is 0 Å². The smallest absolute Gasteiger partial charge is 0.295 e. The third kappa shape index (κ3) is 4.04. The van der Waals surface area contributed by atoms with Gasteiger partial charge in [0.05, 0.1) is 17.3 Å². The van der Waals surface area contributed by atoms with Crippen LogP contribution < -0.4 is 9.64 Å². The highest BCUT2D eigenvalue weighted by molar-refractivity contribution is 7.22. The third-order valence-corrected chi connectivity index (χ3v) is 5.98. The lowest BCUT2D eigenvalue weighted by Gasteiger charge is -2.19. The Balaban J connectivity index is 1.71. The van der Waals surface area contributed by atoms with E-state index in [0.717, 1.165) is 28.6 Å². The minimum Gasteiger partial charge on any atom is -0.493 e. The number of anilines is 1. The molecule has 2 aromatic heterocycles. The largest absolute Gasteiger partial charge is 0.493 e. The molecule has 0 aliphatic rings. The Morgan fingerprint density at radius 3 is 2.77 bits per heavy atom. The van der Waals surface area contributed by atoms with Crippen LogP contribution in [0.15, 0.2) is 46.9 Å². The summed E-state index contributed by atoms with van der Waals surface area (Å²) in [6.45, 7) is 3.49. The first kappa shape index (κ1) is 20.4. The summed E-state index contributed by atoms with van der Waals surface area (Å²) in [6.07, 6.45) is 0.831. The fourth-order valence-electron chi connectivity index (χ4n) is 3.40. The van der Waals surface area contributed by atoms with Crippen molar-refractivity contribution >= 4 is 43.6 Å². The quantitative estimate of drug-likeness (QED) is 0.421. The summed E-state index contributed by atoms with van der Waals surface area (Å²) < 4.78 is 12.4. The lowest BCUT2D eigenvalue weighted by atomic mass is 10.2. The van der Waals surface area contributed by atoms with Crippen LogP contribution in [0.4, 0.5) is 5.13 Å². The van der Waals surface area contributed by atoms with Gasteiger partial charge in [-0.05, 0) is 63.8 Å².